The molecule has 1 aromatic heterocycles. The molecule has 0 saturated heterocycles. The van der Waals surface area contributed by atoms with Crippen LogP contribution in [0.3, 0.4) is 0 Å². The number of hydrogen-bond acceptors (Lipinski definition) is 2. The molecule has 2 N–H and O–H groups in total. The van der Waals surface area contributed by atoms with Crippen LogP contribution in [0.15, 0.2) is 61.2 Å². The van der Waals surface area contributed by atoms with Crippen LogP contribution in [0.25, 0.3) is 0 Å². The molecule has 5 nitrogen and oxygen atoms in total. The van der Waals surface area contributed by atoms with E-state index in [4.69, 9.17) is 11.6 Å². The van der Waals surface area contributed by atoms with Gasteiger partial charge in [0, 0.05) is 36.2 Å². The van der Waals surface area contributed by atoms with E-state index in [1.807, 2.05) is 42.0 Å². The van der Waals surface area contributed by atoms with E-state index in [9.17, 15) is 4.79 Å². The lowest BCUT2D eigenvalue weighted by Gasteiger charge is -2.09. The second-order valence-corrected chi connectivity index (χ2v) is 6.23. The second kappa shape index (κ2) is 7.85. The largest absolute Gasteiger partial charge is 0.334 e. The average molecular weight is 355 g/mol. The van der Waals surface area contributed by atoms with Gasteiger partial charge in [0.1, 0.15) is 0 Å². The highest BCUT2D eigenvalue weighted by molar-refractivity contribution is 6.31. The lowest BCUT2D eigenvalue weighted by Crippen LogP contribution is -2.28. The van der Waals surface area contributed by atoms with Crippen LogP contribution >= 0.6 is 11.6 Å². The van der Waals surface area contributed by atoms with Crippen LogP contribution in [0.2, 0.25) is 5.02 Å². The van der Waals surface area contributed by atoms with Crippen molar-refractivity contribution >= 4 is 23.3 Å². The van der Waals surface area contributed by atoms with Crippen molar-refractivity contribution < 1.29 is 4.79 Å². The highest BCUT2D eigenvalue weighted by Gasteiger charge is 2.04. The van der Waals surface area contributed by atoms with E-state index in [1.54, 1.807) is 18.6 Å². The smallest absolute Gasteiger partial charge is 0.319 e. The number of aromatic nitrogens is 2. The summed E-state index contributed by atoms with van der Waals surface area (Å²) < 4.78 is 2.01. The molecule has 3 aromatic rings. The third-order valence-electron chi connectivity index (χ3n) is 3.83. The maximum atomic E-state index is 12.0. The van der Waals surface area contributed by atoms with Gasteiger partial charge in [0.2, 0.25) is 0 Å². The van der Waals surface area contributed by atoms with E-state index in [2.05, 4.69) is 27.8 Å². The fraction of sp³-hybridized carbons (Fsp3) is 0.158. The number of carbonyl (C=O) groups is 1. The van der Waals surface area contributed by atoms with Gasteiger partial charge in [0.05, 0.1) is 6.33 Å². The highest BCUT2D eigenvalue weighted by atomic mass is 35.5. The lowest BCUT2D eigenvalue weighted by atomic mass is 10.1. The van der Waals surface area contributed by atoms with Crippen LogP contribution in [-0.4, -0.2) is 15.6 Å². The standard InChI is InChI=1S/C19H19ClN4O/c1-14-2-7-17(10-18(14)20)23-19(25)22-11-15-3-5-16(6-4-15)12-24-9-8-21-13-24/h2-10,13H,11-12H2,1H3,(H2,22,23,25). The van der Waals surface area contributed by atoms with Crippen molar-refractivity contribution in [1.82, 2.24) is 14.9 Å². The Kier molecular flexibility index (Phi) is 5.36. The van der Waals surface area contributed by atoms with E-state index in [-0.39, 0.29) is 6.03 Å². The molecule has 0 radical (unpaired) electrons. The van der Waals surface area contributed by atoms with Crippen molar-refractivity contribution in [2.45, 2.75) is 20.0 Å². The van der Waals surface area contributed by atoms with E-state index < -0.39 is 0 Å². The van der Waals surface area contributed by atoms with Crippen LogP contribution in [0.5, 0.6) is 0 Å². The molecule has 0 spiro atoms. The Morgan fingerprint density at radius 3 is 2.60 bits per heavy atom. The summed E-state index contributed by atoms with van der Waals surface area (Å²) in [4.78, 5) is 16.0. The van der Waals surface area contributed by atoms with E-state index in [1.165, 1.54) is 5.56 Å². The monoisotopic (exact) mass is 354 g/mol. The minimum atomic E-state index is -0.262. The highest BCUT2D eigenvalue weighted by Crippen LogP contribution is 2.19. The molecular formula is C19H19ClN4O. The molecule has 0 aliphatic carbocycles. The Morgan fingerprint density at radius 1 is 1.16 bits per heavy atom. The van der Waals surface area contributed by atoms with Crippen LogP contribution in [0.4, 0.5) is 10.5 Å². The topological polar surface area (TPSA) is 59.0 Å². The van der Waals surface area contributed by atoms with E-state index in [0.29, 0.717) is 17.3 Å². The molecule has 0 aliphatic heterocycles. The third-order valence-corrected chi connectivity index (χ3v) is 4.24. The van der Waals surface area contributed by atoms with Gasteiger partial charge < -0.3 is 15.2 Å². The molecule has 0 unspecified atom stereocenters. The zero-order valence-corrected chi connectivity index (χ0v) is 14.6. The van der Waals surface area contributed by atoms with Crippen LogP contribution in [0, 0.1) is 6.92 Å². The van der Waals surface area contributed by atoms with Crippen molar-refractivity contribution in [3.63, 3.8) is 0 Å². The number of carbonyl (C=O) groups excluding carboxylic acids is 1. The Labute approximate surface area is 151 Å². The molecule has 0 bridgehead atoms. The van der Waals surface area contributed by atoms with Crippen LogP contribution in [0.1, 0.15) is 16.7 Å². The van der Waals surface area contributed by atoms with E-state index in [0.717, 1.165) is 17.7 Å². The van der Waals surface area contributed by atoms with Gasteiger partial charge in [0.15, 0.2) is 0 Å². The van der Waals surface area contributed by atoms with Gasteiger partial charge >= 0.3 is 6.03 Å². The minimum absolute atomic E-state index is 0.262. The Bertz CT molecular complexity index is 844. The first-order chi connectivity index (χ1) is 12.1. The molecular weight excluding hydrogens is 336 g/mol. The summed E-state index contributed by atoms with van der Waals surface area (Å²) in [6, 6.07) is 13.3. The Morgan fingerprint density at radius 2 is 1.92 bits per heavy atom. The predicted molar refractivity (Wildman–Crippen MR) is 99.8 cm³/mol. The van der Waals surface area contributed by atoms with Crippen molar-refractivity contribution in [3.8, 4) is 0 Å². The van der Waals surface area contributed by atoms with Crippen LogP contribution < -0.4 is 10.6 Å². The van der Waals surface area contributed by atoms with Gasteiger partial charge in [-0.15, -0.1) is 0 Å². The fourth-order valence-electron chi connectivity index (χ4n) is 2.38. The quantitative estimate of drug-likeness (QED) is 0.720. The number of imidazole rings is 1. The van der Waals surface area contributed by atoms with Gasteiger partial charge in [-0.2, -0.15) is 0 Å². The Hall–Kier alpha value is -2.79. The number of urea groups is 1. The first-order valence-corrected chi connectivity index (χ1v) is 8.32. The predicted octanol–water partition coefficient (Wildman–Crippen LogP) is 4.21. The van der Waals surface area contributed by atoms with E-state index >= 15 is 0 Å². The number of hydrogen-bond donors (Lipinski definition) is 2. The molecule has 3 rings (SSSR count). The zero-order valence-electron chi connectivity index (χ0n) is 13.9. The summed E-state index contributed by atoms with van der Waals surface area (Å²) in [5.41, 5.74) is 3.86. The molecule has 128 valence electrons. The normalized spacial score (nSPS) is 10.5. The SMILES string of the molecule is Cc1ccc(NC(=O)NCc2ccc(Cn3ccnc3)cc2)cc1Cl. The zero-order chi connectivity index (χ0) is 17.6. The van der Waals surface area contributed by atoms with Crippen molar-refractivity contribution in [3.05, 3.63) is 82.9 Å². The number of halogens is 1. The second-order valence-electron chi connectivity index (χ2n) is 5.82. The van der Waals surface area contributed by atoms with Gasteiger partial charge in [-0.3, -0.25) is 0 Å². The summed E-state index contributed by atoms with van der Waals surface area (Å²) in [6.07, 6.45) is 5.48. The summed E-state index contributed by atoms with van der Waals surface area (Å²) in [5.74, 6) is 0. The first-order valence-electron chi connectivity index (χ1n) is 7.95. The number of benzene rings is 2. The molecule has 0 atom stereocenters. The molecule has 6 heteroatoms. The van der Waals surface area contributed by atoms with Gasteiger partial charge in [0.25, 0.3) is 0 Å². The minimum Gasteiger partial charge on any atom is -0.334 e. The summed E-state index contributed by atoms with van der Waals surface area (Å²) in [7, 11) is 0. The van der Waals surface area contributed by atoms with Crippen molar-refractivity contribution in [2.24, 2.45) is 0 Å². The molecule has 0 saturated carbocycles. The van der Waals surface area contributed by atoms with Crippen LogP contribution in [-0.2, 0) is 13.1 Å². The molecule has 0 fully saturated rings. The number of nitrogens with one attached hydrogen (secondary N) is 2. The summed E-state index contributed by atoms with van der Waals surface area (Å²) in [5, 5.41) is 6.25. The maximum Gasteiger partial charge on any atom is 0.319 e. The van der Waals surface area contributed by atoms with Crippen molar-refractivity contribution in [1.29, 1.82) is 0 Å². The average Bonchev–Trinajstić information content (AvgIpc) is 3.11. The number of aryl methyl sites for hydroxylation is 1. The van der Waals surface area contributed by atoms with Crippen molar-refractivity contribution in [2.75, 3.05) is 5.32 Å². The molecule has 2 aromatic carbocycles. The third kappa shape index (κ3) is 4.84. The van der Waals surface area contributed by atoms with Gasteiger partial charge in [-0.1, -0.05) is 41.9 Å². The maximum absolute atomic E-state index is 12.0. The number of amides is 2. The number of anilines is 1. The molecule has 0 aliphatic rings. The lowest BCUT2D eigenvalue weighted by molar-refractivity contribution is 0.251. The molecule has 25 heavy (non-hydrogen) atoms. The molecule has 1 heterocycles. The molecule has 2 amide bonds. The van der Waals surface area contributed by atoms with Gasteiger partial charge in [-0.25, -0.2) is 9.78 Å². The fourth-order valence-corrected chi connectivity index (χ4v) is 2.56. The number of nitrogens with zero attached hydrogens (tertiary/aromatic N) is 2. The summed E-state index contributed by atoms with van der Waals surface area (Å²) >= 11 is 6.06. The Balaban J connectivity index is 1.50. The first kappa shape index (κ1) is 17.0. The number of rotatable bonds is 5. The van der Waals surface area contributed by atoms with Gasteiger partial charge in [-0.05, 0) is 35.7 Å². The summed E-state index contributed by atoms with van der Waals surface area (Å²) in [6.45, 7) is 3.15.